The molecule has 1 aliphatic heterocycles. The zero-order valence-corrected chi connectivity index (χ0v) is 27.3. The van der Waals surface area contributed by atoms with Gasteiger partial charge in [-0.15, -0.1) is 0 Å². The molecular formula is C34H29Cl2N3O5S. The number of aromatic nitrogens is 2. The lowest BCUT2D eigenvalue weighted by molar-refractivity contribution is -0.139. The zero-order chi connectivity index (χ0) is 31.8. The monoisotopic (exact) mass is 661 g/mol. The molecule has 0 saturated heterocycles. The summed E-state index contributed by atoms with van der Waals surface area (Å²) >= 11 is 13.7. The third-order valence-electron chi connectivity index (χ3n) is 7.69. The van der Waals surface area contributed by atoms with Crippen molar-refractivity contribution < 1.29 is 19.0 Å². The first kappa shape index (κ1) is 30.7. The molecule has 0 bridgehead atoms. The summed E-state index contributed by atoms with van der Waals surface area (Å²) in [7, 11) is 3.10. The number of hydrogen-bond acceptors (Lipinski definition) is 7. The van der Waals surface area contributed by atoms with Crippen LogP contribution in [0.2, 0.25) is 10.0 Å². The Hall–Kier alpha value is -4.31. The molecule has 11 heteroatoms. The maximum atomic E-state index is 14.3. The Labute approximate surface area is 273 Å². The lowest BCUT2D eigenvalue weighted by Crippen LogP contribution is -2.40. The molecule has 0 fully saturated rings. The van der Waals surface area contributed by atoms with Gasteiger partial charge >= 0.3 is 5.97 Å². The van der Waals surface area contributed by atoms with E-state index in [2.05, 4.69) is 4.57 Å². The number of methoxy groups -OCH3 is 2. The van der Waals surface area contributed by atoms with E-state index in [1.165, 1.54) is 11.3 Å². The van der Waals surface area contributed by atoms with Crippen molar-refractivity contribution in [2.24, 2.45) is 4.99 Å². The summed E-state index contributed by atoms with van der Waals surface area (Å²) < 4.78 is 20.8. The summed E-state index contributed by atoms with van der Waals surface area (Å²) in [6.45, 7) is 4.22. The number of hydrogen-bond donors (Lipinski definition) is 0. The van der Waals surface area contributed by atoms with Crippen molar-refractivity contribution in [3.8, 4) is 11.5 Å². The van der Waals surface area contributed by atoms with Gasteiger partial charge in [0.1, 0.15) is 17.5 Å². The third kappa shape index (κ3) is 5.67. The number of benzene rings is 3. The molecule has 0 saturated carbocycles. The molecule has 6 rings (SSSR count). The Morgan fingerprint density at radius 3 is 2.58 bits per heavy atom. The van der Waals surface area contributed by atoms with Crippen LogP contribution in [-0.2, 0) is 16.1 Å². The van der Waals surface area contributed by atoms with Gasteiger partial charge in [-0.3, -0.25) is 9.36 Å². The van der Waals surface area contributed by atoms with Gasteiger partial charge in [-0.1, -0.05) is 58.8 Å². The van der Waals surface area contributed by atoms with Crippen LogP contribution in [0.3, 0.4) is 0 Å². The first-order valence-corrected chi connectivity index (χ1v) is 15.7. The maximum Gasteiger partial charge on any atom is 0.338 e. The van der Waals surface area contributed by atoms with Gasteiger partial charge in [-0.2, -0.15) is 0 Å². The van der Waals surface area contributed by atoms with Crippen LogP contribution in [-0.4, -0.2) is 35.9 Å². The quantitative estimate of drug-likeness (QED) is 0.187. The number of para-hydroxylation sites is 1. The van der Waals surface area contributed by atoms with Crippen molar-refractivity contribution in [3.63, 3.8) is 0 Å². The van der Waals surface area contributed by atoms with E-state index in [1.54, 1.807) is 56.9 Å². The standard InChI is InChI=1S/C34H29Cl2N3O5S/c1-5-44-33(41)30-19(2)37-34-39(31(30)24-16-22(42-3)11-13-28(24)43-4)32(40)29(45-34)15-21-18-38(27-9-7-6-8-23(21)27)17-20-10-12-25(35)26(36)14-20/h6-16,18,31H,5,17H2,1-4H3/b29-15+/t31-/m1/s1. The highest BCUT2D eigenvalue weighted by molar-refractivity contribution is 7.07. The molecule has 0 radical (unpaired) electrons. The minimum atomic E-state index is -0.844. The normalized spacial score (nSPS) is 14.8. The van der Waals surface area contributed by atoms with Gasteiger partial charge in [0.25, 0.3) is 5.56 Å². The minimum Gasteiger partial charge on any atom is -0.497 e. The van der Waals surface area contributed by atoms with E-state index in [4.69, 9.17) is 42.4 Å². The summed E-state index contributed by atoms with van der Waals surface area (Å²) in [5.41, 5.74) is 3.89. The van der Waals surface area contributed by atoms with Crippen LogP contribution >= 0.6 is 34.5 Å². The van der Waals surface area contributed by atoms with Crippen LogP contribution < -0.4 is 24.4 Å². The summed E-state index contributed by atoms with van der Waals surface area (Å²) in [5, 5.41) is 1.98. The van der Waals surface area contributed by atoms with Crippen molar-refractivity contribution in [3.05, 3.63) is 125 Å². The van der Waals surface area contributed by atoms with Crippen LogP contribution in [0.1, 0.15) is 36.6 Å². The van der Waals surface area contributed by atoms with Crippen LogP contribution in [0.4, 0.5) is 0 Å². The fourth-order valence-corrected chi connectivity index (χ4v) is 6.99. The third-order valence-corrected chi connectivity index (χ3v) is 9.41. The number of esters is 1. The van der Waals surface area contributed by atoms with Crippen LogP contribution in [0, 0.1) is 0 Å². The number of carbonyl (C=O) groups is 1. The molecule has 8 nitrogen and oxygen atoms in total. The molecule has 0 amide bonds. The average Bonchev–Trinajstić information content (AvgIpc) is 3.54. The van der Waals surface area contributed by atoms with Gasteiger partial charge in [0.15, 0.2) is 4.80 Å². The molecule has 0 aliphatic carbocycles. The molecule has 2 aromatic heterocycles. The number of carbonyl (C=O) groups excluding carboxylic acids is 1. The molecule has 1 aliphatic rings. The summed E-state index contributed by atoms with van der Waals surface area (Å²) in [5.74, 6) is 0.506. The highest BCUT2D eigenvalue weighted by Gasteiger charge is 2.35. The number of rotatable bonds is 8. The predicted molar refractivity (Wildman–Crippen MR) is 177 cm³/mol. The van der Waals surface area contributed by atoms with Crippen molar-refractivity contribution >= 4 is 57.5 Å². The number of thiazole rings is 1. The highest BCUT2D eigenvalue weighted by atomic mass is 35.5. The van der Waals surface area contributed by atoms with E-state index in [9.17, 15) is 9.59 Å². The molecule has 0 unspecified atom stereocenters. The first-order valence-electron chi connectivity index (χ1n) is 14.2. The minimum absolute atomic E-state index is 0.175. The van der Waals surface area contributed by atoms with Gasteiger partial charge in [-0.05, 0) is 61.9 Å². The van der Waals surface area contributed by atoms with Gasteiger partial charge in [0, 0.05) is 34.8 Å². The van der Waals surface area contributed by atoms with Crippen molar-refractivity contribution in [2.75, 3.05) is 20.8 Å². The van der Waals surface area contributed by atoms with E-state index in [0.29, 0.717) is 48.7 Å². The van der Waals surface area contributed by atoms with Crippen molar-refractivity contribution in [1.29, 1.82) is 0 Å². The van der Waals surface area contributed by atoms with Crippen molar-refractivity contribution in [2.45, 2.75) is 26.4 Å². The highest BCUT2D eigenvalue weighted by Crippen LogP contribution is 2.38. The topological polar surface area (TPSA) is 84.1 Å². The first-order chi connectivity index (χ1) is 21.7. The molecule has 3 aromatic carbocycles. The van der Waals surface area contributed by atoms with Gasteiger partial charge < -0.3 is 18.8 Å². The summed E-state index contributed by atoms with van der Waals surface area (Å²) in [6.07, 6.45) is 3.89. The van der Waals surface area contributed by atoms with E-state index >= 15 is 0 Å². The molecule has 0 spiro atoms. The average molecular weight is 663 g/mol. The van der Waals surface area contributed by atoms with Crippen LogP contribution in [0.15, 0.2) is 87.9 Å². The Morgan fingerprint density at radius 2 is 1.84 bits per heavy atom. The largest absolute Gasteiger partial charge is 0.497 e. The second kappa shape index (κ2) is 12.6. The fourth-order valence-electron chi connectivity index (χ4n) is 5.64. The molecule has 45 heavy (non-hydrogen) atoms. The van der Waals surface area contributed by atoms with Gasteiger partial charge in [0.2, 0.25) is 0 Å². The lowest BCUT2D eigenvalue weighted by atomic mass is 9.94. The predicted octanol–water partition coefficient (Wildman–Crippen LogP) is 6.13. The lowest BCUT2D eigenvalue weighted by Gasteiger charge is -2.26. The number of halogens is 2. The van der Waals surface area contributed by atoms with Crippen LogP contribution in [0.25, 0.3) is 17.0 Å². The summed E-state index contributed by atoms with van der Waals surface area (Å²) in [4.78, 5) is 32.8. The number of nitrogens with zero attached hydrogens (tertiary/aromatic N) is 3. The molecule has 5 aromatic rings. The summed E-state index contributed by atoms with van der Waals surface area (Å²) in [6, 6.07) is 18.0. The zero-order valence-electron chi connectivity index (χ0n) is 25.0. The molecule has 3 heterocycles. The SMILES string of the molecule is CCOC(=O)C1=C(C)N=c2s/c(=C/c3cn(Cc4ccc(Cl)c(Cl)c4)c4ccccc34)c(=O)n2[C@@H]1c1cc(OC)ccc1OC. The Morgan fingerprint density at radius 1 is 1.04 bits per heavy atom. The van der Waals surface area contributed by atoms with E-state index in [0.717, 1.165) is 22.0 Å². The Bertz CT molecular complexity index is 2180. The molecule has 1 atom stereocenters. The molecular weight excluding hydrogens is 633 g/mol. The van der Waals surface area contributed by atoms with E-state index in [1.807, 2.05) is 48.7 Å². The number of allylic oxidation sites excluding steroid dienone is 1. The smallest absolute Gasteiger partial charge is 0.338 e. The maximum absolute atomic E-state index is 14.3. The van der Waals surface area contributed by atoms with Crippen LogP contribution in [0.5, 0.6) is 11.5 Å². The Kier molecular flexibility index (Phi) is 8.59. The van der Waals surface area contributed by atoms with Gasteiger partial charge in [0.05, 0.1) is 46.7 Å². The number of fused-ring (bicyclic) bond motifs is 2. The fraction of sp³-hybridized carbons (Fsp3) is 0.206. The Balaban J connectivity index is 1.54. The van der Waals surface area contributed by atoms with Gasteiger partial charge in [-0.25, -0.2) is 9.79 Å². The van der Waals surface area contributed by atoms with E-state index < -0.39 is 12.0 Å². The molecule has 230 valence electrons. The second-order valence-corrected chi connectivity index (χ2v) is 12.2. The number of ether oxygens (including phenoxy) is 3. The van der Waals surface area contributed by atoms with Crippen molar-refractivity contribution in [1.82, 2.24) is 9.13 Å². The van der Waals surface area contributed by atoms with E-state index in [-0.39, 0.29) is 17.7 Å². The second-order valence-electron chi connectivity index (χ2n) is 10.4. The molecule has 0 N–H and O–H groups in total.